The van der Waals surface area contributed by atoms with Gasteiger partial charge in [-0.3, -0.25) is 4.79 Å². The van der Waals surface area contributed by atoms with Gasteiger partial charge in [0, 0.05) is 31.9 Å². The molecule has 0 saturated carbocycles. The number of hydrogen-bond donors (Lipinski definition) is 0. The lowest BCUT2D eigenvalue weighted by Gasteiger charge is -2.36. The summed E-state index contributed by atoms with van der Waals surface area (Å²) in [5.41, 5.74) is 1.31. The van der Waals surface area contributed by atoms with Crippen LogP contribution in [0.5, 0.6) is 0 Å². The van der Waals surface area contributed by atoms with E-state index in [-0.39, 0.29) is 11.7 Å². The van der Waals surface area contributed by atoms with Gasteiger partial charge in [0.2, 0.25) is 0 Å². The summed E-state index contributed by atoms with van der Waals surface area (Å²) in [6.45, 7) is 1.66. The Balaban J connectivity index is 1.17. The molecule has 0 atom stereocenters. The van der Waals surface area contributed by atoms with Gasteiger partial charge >= 0.3 is 6.18 Å². The van der Waals surface area contributed by atoms with E-state index < -0.39 is 11.7 Å². The van der Waals surface area contributed by atoms with Crippen molar-refractivity contribution in [1.29, 1.82) is 0 Å². The first kappa shape index (κ1) is 22.4. The second-order valence-electron chi connectivity index (χ2n) is 7.83. The zero-order chi connectivity index (χ0) is 23.7. The van der Waals surface area contributed by atoms with Crippen molar-refractivity contribution in [2.24, 2.45) is 0 Å². The van der Waals surface area contributed by atoms with Crippen LogP contribution in [-0.4, -0.2) is 42.0 Å². The Hall–Kier alpha value is -3.40. The number of rotatable bonds is 5. The number of carbonyl (C=O) groups is 1. The Labute approximate surface area is 197 Å². The summed E-state index contributed by atoms with van der Waals surface area (Å²) in [4.78, 5) is 20.8. The highest BCUT2D eigenvalue weighted by atomic mass is 32.2. The van der Waals surface area contributed by atoms with Gasteiger partial charge in [-0.25, -0.2) is 4.98 Å². The maximum absolute atomic E-state index is 13.0. The number of aromatic nitrogens is 1. The number of nitrogens with zero attached hydrogens (tertiary/aromatic N) is 3. The Bertz CT molecular complexity index is 1280. The zero-order valence-electron chi connectivity index (χ0n) is 17.9. The van der Waals surface area contributed by atoms with Crippen LogP contribution in [0.25, 0.3) is 11.1 Å². The Morgan fingerprint density at radius 2 is 1.76 bits per heavy atom. The van der Waals surface area contributed by atoms with Crippen molar-refractivity contribution in [3.63, 3.8) is 0 Å². The molecule has 1 amide bonds. The van der Waals surface area contributed by atoms with E-state index in [0.29, 0.717) is 54.2 Å². The molecule has 6 nitrogen and oxygen atoms in total. The minimum absolute atomic E-state index is 0.234. The summed E-state index contributed by atoms with van der Waals surface area (Å²) >= 11 is 1.38. The summed E-state index contributed by atoms with van der Waals surface area (Å²) in [6.07, 6.45) is -4.39. The van der Waals surface area contributed by atoms with E-state index in [0.717, 1.165) is 17.6 Å². The SMILES string of the molecule is O=C(c1ccc(CSc2nc3ccccc3o2)o1)N1CCN(c2cccc(C(F)(F)F)c2)CC1. The Morgan fingerprint density at radius 1 is 0.971 bits per heavy atom. The van der Waals surface area contributed by atoms with Crippen molar-refractivity contribution in [2.45, 2.75) is 17.2 Å². The van der Waals surface area contributed by atoms with Gasteiger partial charge in [-0.15, -0.1) is 0 Å². The molecule has 1 aliphatic heterocycles. The van der Waals surface area contributed by atoms with E-state index in [1.54, 1.807) is 23.1 Å². The summed E-state index contributed by atoms with van der Waals surface area (Å²) in [7, 11) is 0. The molecule has 176 valence electrons. The number of benzene rings is 2. The summed E-state index contributed by atoms with van der Waals surface area (Å²) in [5.74, 6) is 1.09. The molecular formula is C24H20F3N3O3S. The molecule has 0 aliphatic carbocycles. The molecule has 0 radical (unpaired) electrons. The van der Waals surface area contributed by atoms with E-state index in [1.807, 2.05) is 29.2 Å². The number of amides is 1. The molecule has 0 spiro atoms. The Morgan fingerprint density at radius 3 is 2.53 bits per heavy atom. The largest absolute Gasteiger partial charge is 0.455 e. The van der Waals surface area contributed by atoms with Crippen LogP contribution in [0.1, 0.15) is 21.9 Å². The number of anilines is 1. The van der Waals surface area contributed by atoms with Gasteiger partial charge in [0.15, 0.2) is 11.3 Å². The number of alkyl halides is 3. The number of piperazine rings is 1. The number of thioether (sulfide) groups is 1. The molecular weight excluding hydrogens is 467 g/mol. The third-order valence-electron chi connectivity index (χ3n) is 5.59. The number of carbonyl (C=O) groups excluding carboxylic acids is 1. The van der Waals surface area contributed by atoms with E-state index in [1.165, 1.54) is 17.8 Å². The molecule has 10 heteroatoms. The van der Waals surface area contributed by atoms with Crippen LogP contribution < -0.4 is 4.90 Å². The van der Waals surface area contributed by atoms with Gasteiger partial charge in [-0.05, 0) is 42.5 Å². The summed E-state index contributed by atoms with van der Waals surface area (Å²) in [5, 5.41) is 0.524. The molecule has 2 aromatic carbocycles. The predicted molar refractivity (Wildman–Crippen MR) is 122 cm³/mol. The first-order chi connectivity index (χ1) is 16.4. The molecule has 3 heterocycles. The van der Waals surface area contributed by atoms with Crippen LogP contribution in [-0.2, 0) is 11.9 Å². The number of para-hydroxylation sites is 2. The van der Waals surface area contributed by atoms with Gasteiger partial charge in [0.25, 0.3) is 11.1 Å². The van der Waals surface area contributed by atoms with Crippen LogP contribution in [0, 0.1) is 0 Å². The van der Waals surface area contributed by atoms with Crippen molar-refractivity contribution in [3.05, 3.63) is 77.7 Å². The molecule has 0 bridgehead atoms. The Kier molecular flexibility index (Phi) is 5.99. The van der Waals surface area contributed by atoms with Crippen LogP contribution in [0.2, 0.25) is 0 Å². The fraction of sp³-hybridized carbons (Fsp3) is 0.250. The topological polar surface area (TPSA) is 62.7 Å². The molecule has 0 unspecified atom stereocenters. The molecule has 1 fully saturated rings. The highest BCUT2D eigenvalue weighted by Gasteiger charge is 2.31. The van der Waals surface area contributed by atoms with Gasteiger partial charge < -0.3 is 18.6 Å². The lowest BCUT2D eigenvalue weighted by Crippen LogP contribution is -2.48. The first-order valence-electron chi connectivity index (χ1n) is 10.7. The van der Waals surface area contributed by atoms with E-state index >= 15 is 0 Å². The number of furan rings is 1. The first-order valence-corrected chi connectivity index (χ1v) is 11.6. The molecule has 4 aromatic rings. The lowest BCUT2D eigenvalue weighted by atomic mass is 10.1. The predicted octanol–water partition coefficient (Wildman–Crippen LogP) is 5.69. The van der Waals surface area contributed by atoms with Crippen LogP contribution in [0.15, 0.2) is 74.7 Å². The van der Waals surface area contributed by atoms with Crippen LogP contribution in [0.3, 0.4) is 0 Å². The van der Waals surface area contributed by atoms with Crippen molar-refractivity contribution >= 4 is 34.5 Å². The van der Waals surface area contributed by atoms with Crippen LogP contribution in [0.4, 0.5) is 18.9 Å². The molecule has 0 N–H and O–H groups in total. The number of oxazole rings is 1. The molecule has 5 rings (SSSR count). The number of hydrogen-bond acceptors (Lipinski definition) is 6. The third kappa shape index (κ3) is 4.77. The van der Waals surface area contributed by atoms with Crippen LogP contribution >= 0.6 is 11.8 Å². The third-order valence-corrected chi connectivity index (χ3v) is 6.44. The highest BCUT2D eigenvalue weighted by molar-refractivity contribution is 7.98. The average molecular weight is 488 g/mol. The van der Waals surface area contributed by atoms with E-state index in [4.69, 9.17) is 8.83 Å². The smallest absolute Gasteiger partial charge is 0.416 e. The van der Waals surface area contributed by atoms with E-state index in [9.17, 15) is 18.0 Å². The maximum atomic E-state index is 13.0. The molecule has 1 aliphatic rings. The minimum Gasteiger partial charge on any atom is -0.455 e. The average Bonchev–Trinajstić information content (AvgIpc) is 3.49. The fourth-order valence-corrected chi connectivity index (χ4v) is 4.55. The van der Waals surface area contributed by atoms with E-state index in [2.05, 4.69) is 4.98 Å². The summed E-state index contributed by atoms with van der Waals surface area (Å²) in [6, 6.07) is 16.1. The second kappa shape index (κ2) is 9.09. The normalized spacial score (nSPS) is 14.7. The molecule has 2 aromatic heterocycles. The highest BCUT2D eigenvalue weighted by Crippen LogP contribution is 2.32. The van der Waals surface area contributed by atoms with Gasteiger partial charge in [0.1, 0.15) is 11.3 Å². The van der Waals surface area contributed by atoms with Crippen molar-refractivity contribution in [2.75, 3.05) is 31.1 Å². The monoisotopic (exact) mass is 487 g/mol. The fourth-order valence-electron chi connectivity index (χ4n) is 3.82. The van der Waals surface area contributed by atoms with Gasteiger partial charge in [-0.1, -0.05) is 30.0 Å². The van der Waals surface area contributed by atoms with Crippen molar-refractivity contribution in [3.8, 4) is 0 Å². The quantitative estimate of drug-likeness (QED) is 0.337. The van der Waals surface area contributed by atoms with Gasteiger partial charge in [0.05, 0.1) is 11.3 Å². The van der Waals surface area contributed by atoms with Crippen molar-refractivity contribution in [1.82, 2.24) is 9.88 Å². The lowest BCUT2D eigenvalue weighted by molar-refractivity contribution is -0.137. The number of halogens is 3. The van der Waals surface area contributed by atoms with Gasteiger partial charge in [-0.2, -0.15) is 13.2 Å². The standard InChI is InChI=1S/C24H20F3N3O3S/c25-24(26,27)16-4-3-5-17(14-16)29-10-12-30(13-11-29)22(31)21-9-8-18(32-21)15-34-23-28-19-6-1-2-7-20(19)33-23/h1-9,14H,10-13,15H2. The minimum atomic E-state index is -4.39. The summed E-state index contributed by atoms with van der Waals surface area (Å²) < 4.78 is 50.4. The molecule has 34 heavy (non-hydrogen) atoms. The molecule has 1 saturated heterocycles. The zero-order valence-corrected chi connectivity index (χ0v) is 18.7. The second-order valence-corrected chi connectivity index (χ2v) is 8.76. The van der Waals surface area contributed by atoms with Crippen molar-refractivity contribution < 1.29 is 26.8 Å². The maximum Gasteiger partial charge on any atom is 0.416 e. The number of fused-ring (bicyclic) bond motifs is 1.